The first-order valence-corrected chi connectivity index (χ1v) is 7.38. The number of hydrogen-bond donors (Lipinski definition) is 2. The van der Waals surface area contributed by atoms with Crippen LogP contribution in [0.15, 0.2) is 48.5 Å². The van der Waals surface area contributed by atoms with Crippen LogP contribution in [0.4, 0.5) is 0 Å². The molecule has 0 radical (unpaired) electrons. The Bertz CT molecular complexity index is 567. The number of hydrogen-bond acceptors (Lipinski definition) is 3. The lowest BCUT2D eigenvalue weighted by Gasteiger charge is -2.12. The first-order chi connectivity index (χ1) is 10.2. The quantitative estimate of drug-likeness (QED) is 0.818. The summed E-state index contributed by atoms with van der Waals surface area (Å²) < 4.78 is 5.97. The van der Waals surface area contributed by atoms with Gasteiger partial charge in [0, 0.05) is 19.2 Å². The number of rotatable bonds is 7. The van der Waals surface area contributed by atoms with Gasteiger partial charge in [-0.1, -0.05) is 44.2 Å². The number of aliphatic hydroxyl groups excluding tert-OH is 1. The van der Waals surface area contributed by atoms with E-state index in [0.717, 1.165) is 23.6 Å². The van der Waals surface area contributed by atoms with E-state index in [-0.39, 0.29) is 6.61 Å². The average Bonchev–Trinajstić information content (AvgIpc) is 2.48. The third-order valence-corrected chi connectivity index (χ3v) is 3.19. The maximum Gasteiger partial charge on any atom is 0.130 e. The second-order valence-electron chi connectivity index (χ2n) is 5.37. The van der Waals surface area contributed by atoms with E-state index in [2.05, 4.69) is 25.2 Å². The van der Waals surface area contributed by atoms with Gasteiger partial charge in [0.05, 0.1) is 0 Å². The summed E-state index contributed by atoms with van der Waals surface area (Å²) >= 11 is 0. The molecule has 2 aromatic carbocycles. The lowest BCUT2D eigenvalue weighted by Crippen LogP contribution is -2.21. The third-order valence-electron chi connectivity index (χ3n) is 3.19. The predicted octanol–water partition coefficient (Wildman–Crippen LogP) is 3.51. The molecule has 3 heteroatoms. The molecule has 2 aromatic rings. The second kappa shape index (κ2) is 7.81. The molecule has 2 N–H and O–H groups in total. The summed E-state index contributed by atoms with van der Waals surface area (Å²) in [5.41, 5.74) is 2.21. The van der Waals surface area contributed by atoms with Gasteiger partial charge in [-0.3, -0.25) is 0 Å². The fourth-order valence-corrected chi connectivity index (χ4v) is 2.10. The molecular formula is C18H23NO2. The van der Waals surface area contributed by atoms with Crippen molar-refractivity contribution in [2.24, 2.45) is 0 Å². The van der Waals surface area contributed by atoms with Crippen LogP contribution in [0, 0.1) is 0 Å². The number of aliphatic hydroxyl groups is 1. The van der Waals surface area contributed by atoms with E-state index in [9.17, 15) is 0 Å². The van der Waals surface area contributed by atoms with Crippen LogP contribution in [0.25, 0.3) is 0 Å². The van der Waals surface area contributed by atoms with Gasteiger partial charge in [0.25, 0.3) is 0 Å². The lowest BCUT2D eigenvalue weighted by atomic mass is 10.1. The molecule has 0 aliphatic rings. The van der Waals surface area contributed by atoms with Crippen LogP contribution < -0.4 is 10.1 Å². The number of benzene rings is 2. The first-order valence-electron chi connectivity index (χ1n) is 7.38. The molecule has 0 spiro atoms. The number of para-hydroxylation sites is 1. The van der Waals surface area contributed by atoms with Crippen molar-refractivity contribution in [3.63, 3.8) is 0 Å². The molecule has 0 heterocycles. The molecular weight excluding hydrogens is 262 g/mol. The Morgan fingerprint density at radius 3 is 2.67 bits per heavy atom. The Balaban J connectivity index is 2.11. The van der Waals surface area contributed by atoms with Gasteiger partial charge in [-0.2, -0.15) is 0 Å². The smallest absolute Gasteiger partial charge is 0.130 e. The molecule has 0 amide bonds. The van der Waals surface area contributed by atoms with Gasteiger partial charge in [-0.25, -0.2) is 0 Å². The third kappa shape index (κ3) is 4.88. The minimum absolute atomic E-state index is 0.124. The second-order valence-corrected chi connectivity index (χ2v) is 5.37. The van der Waals surface area contributed by atoms with Crippen LogP contribution in [0.1, 0.15) is 25.0 Å². The van der Waals surface area contributed by atoms with E-state index >= 15 is 0 Å². The van der Waals surface area contributed by atoms with Crippen molar-refractivity contribution < 1.29 is 9.84 Å². The van der Waals surface area contributed by atoms with Crippen molar-refractivity contribution in [1.82, 2.24) is 5.32 Å². The Morgan fingerprint density at radius 2 is 1.90 bits per heavy atom. The Labute approximate surface area is 126 Å². The zero-order valence-electron chi connectivity index (χ0n) is 12.7. The van der Waals surface area contributed by atoms with Gasteiger partial charge in [0.1, 0.15) is 11.5 Å². The van der Waals surface area contributed by atoms with E-state index in [1.807, 2.05) is 42.5 Å². The van der Waals surface area contributed by atoms with E-state index < -0.39 is 0 Å². The van der Waals surface area contributed by atoms with Crippen molar-refractivity contribution in [2.75, 3.05) is 6.61 Å². The Hall–Kier alpha value is -1.84. The van der Waals surface area contributed by atoms with Gasteiger partial charge in [-0.05, 0) is 35.7 Å². The summed E-state index contributed by atoms with van der Waals surface area (Å²) in [5, 5.41) is 12.5. The molecule has 0 saturated heterocycles. The van der Waals surface area contributed by atoms with Gasteiger partial charge in [0.2, 0.25) is 0 Å². The van der Waals surface area contributed by atoms with Gasteiger partial charge < -0.3 is 15.2 Å². The van der Waals surface area contributed by atoms with E-state index in [4.69, 9.17) is 9.84 Å². The van der Waals surface area contributed by atoms with Crippen molar-refractivity contribution in [3.8, 4) is 11.5 Å². The molecule has 112 valence electrons. The standard InChI is InChI=1S/C18H23NO2/c1-14(2)19-13-15-6-5-8-17(12-15)21-18-9-4-3-7-16(18)10-11-20/h3-9,12,14,19-20H,10-11,13H2,1-2H3. The van der Waals surface area contributed by atoms with Crippen molar-refractivity contribution >= 4 is 0 Å². The molecule has 21 heavy (non-hydrogen) atoms. The largest absolute Gasteiger partial charge is 0.457 e. The Morgan fingerprint density at radius 1 is 1.10 bits per heavy atom. The average molecular weight is 285 g/mol. The van der Waals surface area contributed by atoms with Crippen molar-refractivity contribution in [2.45, 2.75) is 32.9 Å². The summed E-state index contributed by atoms with van der Waals surface area (Å²) in [6, 6.07) is 16.4. The van der Waals surface area contributed by atoms with Crippen LogP contribution >= 0.6 is 0 Å². The van der Waals surface area contributed by atoms with E-state index in [1.165, 1.54) is 5.56 Å². The number of nitrogens with one attached hydrogen (secondary N) is 1. The molecule has 0 aromatic heterocycles. The predicted molar refractivity (Wildman–Crippen MR) is 85.7 cm³/mol. The maximum absolute atomic E-state index is 9.11. The minimum Gasteiger partial charge on any atom is -0.457 e. The van der Waals surface area contributed by atoms with Crippen LogP contribution in [-0.2, 0) is 13.0 Å². The minimum atomic E-state index is 0.124. The van der Waals surface area contributed by atoms with Gasteiger partial charge in [0.15, 0.2) is 0 Å². The van der Waals surface area contributed by atoms with Crippen molar-refractivity contribution in [3.05, 3.63) is 59.7 Å². The van der Waals surface area contributed by atoms with Crippen LogP contribution in [0.5, 0.6) is 11.5 Å². The maximum atomic E-state index is 9.11. The molecule has 0 atom stereocenters. The zero-order valence-corrected chi connectivity index (χ0v) is 12.7. The molecule has 0 aliphatic carbocycles. The Kier molecular flexibility index (Phi) is 5.78. The highest BCUT2D eigenvalue weighted by Gasteiger charge is 2.05. The van der Waals surface area contributed by atoms with Crippen LogP contribution in [-0.4, -0.2) is 17.8 Å². The summed E-state index contributed by atoms with van der Waals surface area (Å²) in [6.45, 7) is 5.21. The molecule has 3 nitrogen and oxygen atoms in total. The van der Waals surface area contributed by atoms with Crippen LogP contribution in [0.2, 0.25) is 0 Å². The fourth-order valence-electron chi connectivity index (χ4n) is 2.10. The molecule has 0 unspecified atom stereocenters. The summed E-state index contributed by atoms with van der Waals surface area (Å²) in [5.74, 6) is 1.63. The highest BCUT2D eigenvalue weighted by atomic mass is 16.5. The van der Waals surface area contributed by atoms with Gasteiger partial charge in [-0.15, -0.1) is 0 Å². The summed E-state index contributed by atoms with van der Waals surface area (Å²) in [4.78, 5) is 0. The van der Waals surface area contributed by atoms with E-state index in [1.54, 1.807) is 0 Å². The fraction of sp³-hybridized carbons (Fsp3) is 0.333. The molecule has 0 bridgehead atoms. The SMILES string of the molecule is CC(C)NCc1cccc(Oc2ccccc2CCO)c1. The van der Waals surface area contributed by atoms with E-state index in [0.29, 0.717) is 12.5 Å². The van der Waals surface area contributed by atoms with Crippen LogP contribution in [0.3, 0.4) is 0 Å². The first kappa shape index (κ1) is 15.5. The molecule has 0 aliphatic heterocycles. The molecule has 0 saturated carbocycles. The summed E-state index contributed by atoms with van der Waals surface area (Å²) in [6.07, 6.45) is 0.602. The van der Waals surface area contributed by atoms with Crippen molar-refractivity contribution in [1.29, 1.82) is 0 Å². The normalized spacial score (nSPS) is 10.9. The summed E-state index contributed by atoms with van der Waals surface area (Å²) in [7, 11) is 0. The lowest BCUT2D eigenvalue weighted by molar-refractivity contribution is 0.298. The highest BCUT2D eigenvalue weighted by Crippen LogP contribution is 2.26. The number of ether oxygens (including phenoxy) is 1. The monoisotopic (exact) mass is 285 g/mol. The molecule has 0 fully saturated rings. The zero-order chi connectivity index (χ0) is 15.1. The van der Waals surface area contributed by atoms with Gasteiger partial charge >= 0.3 is 0 Å². The highest BCUT2D eigenvalue weighted by molar-refractivity contribution is 5.39. The molecule has 2 rings (SSSR count). The topological polar surface area (TPSA) is 41.5 Å².